The molecule has 0 amide bonds. The zero-order valence-electron chi connectivity index (χ0n) is 6.08. The number of aromatic nitrogens is 1. The molecule has 0 aliphatic heterocycles. The fourth-order valence-electron chi connectivity index (χ4n) is 0.798. The third-order valence-electron chi connectivity index (χ3n) is 1.32. The van der Waals surface area contributed by atoms with E-state index < -0.39 is 27.4 Å². The van der Waals surface area contributed by atoms with Gasteiger partial charge in [0.2, 0.25) is 0 Å². The standard InChI is InChI=1S/C5H3FNO3.CH2.Al/c6-1-4-3(5(8)9)2-7-10-4;;/h1H2,(H,8,9);1H2;. The minimum atomic E-state index is -1.21. The van der Waals surface area contributed by atoms with E-state index in [-0.39, 0.29) is 15.9 Å². The average Bonchev–Trinajstić information content (AvgIpc) is 2.46. The Kier molecular flexibility index (Phi) is 2.74. The molecule has 0 unspecified atom stereocenters. The van der Waals surface area contributed by atoms with Gasteiger partial charge in [0.15, 0.2) is 0 Å². The van der Waals surface area contributed by atoms with Crippen molar-refractivity contribution >= 4 is 30.7 Å². The van der Waals surface area contributed by atoms with Crippen molar-refractivity contribution < 1.29 is 18.8 Å². The van der Waals surface area contributed by atoms with Crippen LogP contribution in [0.25, 0.3) is 0 Å². The molecule has 4 nitrogen and oxygen atoms in total. The summed E-state index contributed by atoms with van der Waals surface area (Å²) >= 11 is -0.514. The molecule has 1 N–H and O–H groups in total. The Bertz CT molecular complexity index is 323. The number of hydrogen-bond donors (Lipinski definition) is 1. The van der Waals surface area contributed by atoms with Crippen molar-refractivity contribution in [2.24, 2.45) is 0 Å². The Morgan fingerprint density at radius 2 is 2.50 bits per heavy atom. The summed E-state index contributed by atoms with van der Waals surface area (Å²) < 4.78 is 16.8. The van der Waals surface area contributed by atoms with Crippen LogP contribution in [0.2, 0.25) is 0 Å². The molecular formula is C6H5AlFNO3. The van der Waals surface area contributed by atoms with Crippen LogP contribution in [0, 0.1) is 0 Å². The van der Waals surface area contributed by atoms with Crippen LogP contribution >= 0.6 is 0 Å². The number of carboxylic acid groups (broad SMARTS) is 1. The van der Waals surface area contributed by atoms with Gasteiger partial charge in [-0.3, -0.25) is 0 Å². The minimum absolute atomic E-state index is 0.164. The number of rotatable bonds is 3. The molecule has 0 fully saturated rings. The third kappa shape index (κ3) is 1.44. The first-order chi connectivity index (χ1) is 5.70. The second kappa shape index (κ2) is 3.61. The van der Waals surface area contributed by atoms with Gasteiger partial charge in [-0.1, -0.05) is 0 Å². The van der Waals surface area contributed by atoms with Crippen LogP contribution in [-0.4, -0.2) is 36.4 Å². The molecule has 0 saturated heterocycles. The van der Waals surface area contributed by atoms with Crippen LogP contribution in [0.3, 0.4) is 0 Å². The summed E-state index contributed by atoms with van der Waals surface area (Å²) in [6.07, 6.45) is 0. The number of aromatic carboxylic acids is 1. The Hall–Kier alpha value is -0.988. The Balaban J connectivity index is 3.25. The van der Waals surface area contributed by atoms with E-state index in [2.05, 4.69) is 15.1 Å². The van der Waals surface area contributed by atoms with Crippen molar-refractivity contribution in [2.75, 3.05) is 0 Å². The summed E-state index contributed by atoms with van der Waals surface area (Å²) in [5, 5.41) is 15.5. The van der Waals surface area contributed by atoms with Gasteiger partial charge in [-0.2, -0.15) is 0 Å². The zero-order chi connectivity index (χ0) is 9.14. The van der Waals surface area contributed by atoms with E-state index in [4.69, 9.17) is 5.11 Å². The summed E-state index contributed by atoms with van der Waals surface area (Å²) in [4.78, 5) is 10.5. The first-order valence-corrected chi connectivity index (χ1v) is 4.50. The molecule has 1 heterocycles. The molecule has 0 spiro atoms. The summed E-state index contributed by atoms with van der Waals surface area (Å²) in [5.74, 6) is -1.44. The molecular weight excluding hydrogens is 180 g/mol. The van der Waals surface area contributed by atoms with Crippen molar-refractivity contribution in [1.29, 1.82) is 0 Å². The normalized spacial score (nSPS) is 9.42. The van der Waals surface area contributed by atoms with E-state index in [9.17, 15) is 9.18 Å². The molecule has 0 aliphatic rings. The molecule has 0 radical (unpaired) electrons. The SMILES string of the molecule is [CH2]=[Al][c]1noc(CF)c1C(=O)O. The van der Waals surface area contributed by atoms with Crippen molar-refractivity contribution in [2.45, 2.75) is 6.67 Å². The van der Waals surface area contributed by atoms with E-state index >= 15 is 0 Å². The van der Waals surface area contributed by atoms with Gasteiger partial charge in [0.1, 0.15) is 0 Å². The van der Waals surface area contributed by atoms with Gasteiger partial charge in [0.05, 0.1) is 0 Å². The van der Waals surface area contributed by atoms with Crippen LogP contribution in [0.5, 0.6) is 0 Å². The maximum atomic E-state index is 12.1. The molecule has 0 aliphatic carbocycles. The van der Waals surface area contributed by atoms with Crippen LogP contribution in [-0.2, 0) is 6.67 Å². The second-order valence-electron chi connectivity index (χ2n) is 2.01. The molecule has 0 saturated carbocycles. The van der Waals surface area contributed by atoms with Gasteiger partial charge in [-0.05, 0) is 0 Å². The van der Waals surface area contributed by atoms with E-state index in [1.165, 1.54) is 0 Å². The van der Waals surface area contributed by atoms with E-state index in [0.717, 1.165) is 0 Å². The van der Waals surface area contributed by atoms with Crippen LogP contribution in [0.4, 0.5) is 4.39 Å². The number of carbonyl (C=O) groups is 1. The fraction of sp³-hybridized carbons (Fsp3) is 0.167. The number of hydrogen-bond acceptors (Lipinski definition) is 3. The molecule has 6 heteroatoms. The molecule has 1 aromatic heterocycles. The van der Waals surface area contributed by atoms with E-state index in [1.807, 2.05) is 0 Å². The monoisotopic (exact) mass is 185 g/mol. The van der Waals surface area contributed by atoms with Gasteiger partial charge < -0.3 is 0 Å². The summed E-state index contributed by atoms with van der Waals surface area (Å²) in [7, 11) is 0. The number of halogens is 1. The van der Waals surface area contributed by atoms with Crippen molar-refractivity contribution in [3.63, 3.8) is 0 Å². The molecule has 1 rings (SSSR count). The van der Waals surface area contributed by atoms with E-state index in [1.54, 1.807) is 0 Å². The molecule has 62 valence electrons. The molecule has 1 aromatic rings. The number of nitrogens with zero attached hydrogens (tertiary/aromatic N) is 1. The Morgan fingerprint density at radius 3 is 2.92 bits per heavy atom. The zero-order valence-corrected chi connectivity index (χ0v) is 7.24. The fourth-order valence-corrected chi connectivity index (χ4v) is 1.41. The first kappa shape index (κ1) is 9.10. The molecule has 0 atom stereocenters. The van der Waals surface area contributed by atoms with Crippen molar-refractivity contribution in [3.05, 3.63) is 11.3 Å². The maximum absolute atomic E-state index is 12.1. The quantitative estimate of drug-likeness (QED) is 0.651. The second-order valence-corrected chi connectivity index (χ2v) is 2.96. The predicted octanol–water partition coefficient (Wildman–Crippen LogP) is -0.396. The van der Waals surface area contributed by atoms with Crippen LogP contribution in [0.1, 0.15) is 16.1 Å². The van der Waals surface area contributed by atoms with Crippen molar-refractivity contribution in [3.8, 4) is 0 Å². The Morgan fingerprint density at radius 1 is 1.83 bits per heavy atom. The molecule has 12 heavy (non-hydrogen) atoms. The molecule has 0 bridgehead atoms. The Labute approximate surface area is 73.2 Å². The van der Waals surface area contributed by atoms with Gasteiger partial charge in [-0.15, -0.1) is 0 Å². The predicted molar refractivity (Wildman–Crippen MR) is 40.8 cm³/mol. The third-order valence-corrected chi connectivity index (χ3v) is 2.10. The number of alkyl halides is 1. The summed E-state index contributed by atoms with van der Waals surface area (Å²) in [6, 6.07) is 0. The topological polar surface area (TPSA) is 63.3 Å². The van der Waals surface area contributed by atoms with Gasteiger partial charge in [0, 0.05) is 0 Å². The van der Waals surface area contributed by atoms with E-state index in [0.29, 0.717) is 0 Å². The number of carboxylic acids is 1. The average molecular weight is 185 g/mol. The first-order valence-electron chi connectivity index (χ1n) is 3.11. The van der Waals surface area contributed by atoms with Crippen molar-refractivity contribution in [1.82, 2.24) is 5.16 Å². The van der Waals surface area contributed by atoms with Gasteiger partial charge >= 0.3 is 72.7 Å². The molecule has 0 aromatic carbocycles. The van der Waals surface area contributed by atoms with Gasteiger partial charge in [-0.25, -0.2) is 0 Å². The van der Waals surface area contributed by atoms with Crippen LogP contribution < -0.4 is 4.56 Å². The summed E-state index contributed by atoms with van der Waals surface area (Å²) in [5.41, 5.74) is -0.164. The van der Waals surface area contributed by atoms with Gasteiger partial charge in [0.25, 0.3) is 0 Å². The summed E-state index contributed by atoms with van der Waals surface area (Å²) in [6.45, 7) is -0.950. The van der Waals surface area contributed by atoms with Crippen LogP contribution in [0.15, 0.2) is 4.52 Å².